The molecule has 0 radical (unpaired) electrons. The number of hydrogen-bond donors (Lipinski definition) is 0. The molecule has 2 aliphatic rings. The lowest BCUT2D eigenvalue weighted by molar-refractivity contribution is 1.25. The molecule has 294 valence electrons. The summed E-state index contributed by atoms with van der Waals surface area (Å²) in [5, 5.41) is 0. The minimum atomic E-state index is -0.0446. The third kappa shape index (κ3) is 6.28. The molecule has 0 amide bonds. The first-order chi connectivity index (χ1) is 31.3. The molecular weight excluding hydrogens is 759 g/mol. The van der Waals surface area contributed by atoms with Crippen molar-refractivity contribution in [1.82, 2.24) is 0 Å². The molecule has 0 saturated carbocycles. The number of benzene rings is 10. The smallest absolute Gasteiger partial charge is 0.252 e. The predicted molar refractivity (Wildman–Crippen MR) is 268 cm³/mol. The standard InChI is InChI=1S/C60H41BN2/c1-6-18-42(19-7-1)45-32-36-50(37-33-45)62-56-40-49(44-22-10-3-11-23-44)41-57-58(56)61(54-30-16-28-52(59(54)62)47-24-12-4-13-25-47)55-31-17-29-53(48-26-14-5-15-27-48)60(55)63(57)51-38-34-46(35-39-51)43-20-8-2-9-21-43/h1-41H. The highest BCUT2D eigenvalue weighted by atomic mass is 15.2. The summed E-state index contributed by atoms with van der Waals surface area (Å²) in [6.45, 7) is -0.0446. The van der Waals surface area contributed by atoms with E-state index >= 15 is 0 Å². The molecule has 2 heterocycles. The van der Waals surface area contributed by atoms with Crippen molar-refractivity contribution in [2.75, 3.05) is 9.80 Å². The van der Waals surface area contributed by atoms with Gasteiger partial charge >= 0.3 is 0 Å². The topological polar surface area (TPSA) is 6.48 Å². The summed E-state index contributed by atoms with van der Waals surface area (Å²) in [6.07, 6.45) is 0. The van der Waals surface area contributed by atoms with E-state index in [1.54, 1.807) is 0 Å². The van der Waals surface area contributed by atoms with Gasteiger partial charge in [0.2, 0.25) is 0 Å². The Labute approximate surface area is 369 Å². The average molecular weight is 801 g/mol. The highest BCUT2D eigenvalue weighted by molar-refractivity contribution is 7.00. The number of rotatable bonds is 7. The van der Waals surface area contributed by atoms with Crippen LogP contribution in [0.4, 0.5) is 34.1 Å². The van der Waals surface area contributed by atoms with Crippen molar-refractivity contribution >= 4 is 57.2 Å². The molecule has 0 aliphatic carbocycles. The molecule has 10 aromatic carbocycles. The number of para-hydroxylation sites is 2. The van der Waals surface area contributed by atoms with Gasteiger partial charge < -0.3 is 9.80 Å². The van der Waals surface area contributed by atoms with Gasteiger partial charge in [0.05, 0.1) is 0 Å². The molecule has 0 fully saturated rings. The van der Waals surface area contributed by atoms with Gasteiger partial charge in [-0.3, -0.25) is 0 Å². The van der Waals surface area contributed by atoms with Gasteiger partial charge in [-0.25, -0.2) is 0 Å². The summed E-state index contributed by atoms with van der Waals surface area (Å²) in [5.41, 5.74) is 22.8. The van der Waals surface area contributed by atoms with Crippen LogP contribution in [0.1, 0.15) is 0 Å². The van der Waals surface area contributed by atoms with Crippen molar-refractivity contribution in [1.29, 1.82) is 0 Å². The maximum absolute atomic E-state index is 2.55. The Bertz CT molecular complexity index is 3040. The third-order valence-corrected chi connectivity index (χ3v) is 12.9. The van der Waals surface area contributed by atoms with Gasteiger partial charge in [-0.2, -0.15) is 0 Å². The van der Waals surface area contributed by atoms with E-state index in [9.17, 15) is 0 Å². The highest BCUT2D eigenvalue weighted by Crippen LogP contribution is 2.50. The first-order valence-corrected chi connectivity index (χ1v) is 21.8. The summed E-state index contributed by atoms with van der Waals surface area (Å²) in [7, 11) is 0. The zero-order chi connectivity index (χ0) is 41.7. The Morgan fingerprint density at radius 3 is 0.937 bits per heavy atom. The Hall–Kier alpha value is -8.14. The van der Waals surface area contributed by atoms with E-state index in [0.717, 1.165) is 11.4 Å². The molecule has 0 aromatic heterocycles. The van der Waals surface area contributed by atoms with Gasteiger partial charge in [0.15, 0.2) is 0 Å². The van der Waals surface area contributed by atoms with Gasteiger partial charge in [0, 0.05) is 45.3 Å². The van der Waals surface area contributed by atoms with E-state index < -0.39 is 0 Å². The van der Waals surface area contributed by atoms with Crippen molar-refractivity contribution in [3.05, 3.63) is 249 Å². The quantitative estimate of drug-likeness (QED) is 0.148. The summed E-state index contributed by atoms with van der Waals surface area (Å²) >= 11 is 0. The summed E-state index contributed by atoms with van der Waals surface area (Å²) in [6, 6.07) is 91.1. The Kier molecular flexibility index (Phi) is 8.97. The Morgan fingerprint density at radius 1 is 0.254 bits per heavy atom. The molecule has 0 bridgehead atoms. The van der Waals surface area contributed by atoms with Crippen LogP contribution in [0, 0.1) is 0 Å². The summed E-state index contributed by atoms with van der Waals surface area (Å²) in [5.74, 6) is 0. The second-order valence-corrected chi connectivity index (χ2v) is 16.4. The van der Waals surface area contributed by atoms with E-state index in [4.69, 9.17) is 0 Å². The van der Waals surface area contributed by atoms with Crippen LogP contribution in [-0.4, -0.2) is 6.71 Å². The molecule has 0 unspecified atom stereocenters. The van der Waals surface area contributed by atoms with Gasteiger partial charge in [-0.1, -0.05) is 212 Å². The molecule has 0 N–H and O–H groups in total. The van der Waals surface area contributed by atoms with E-state index in [0.29, 0.717) is 0 Å². The van der Waals surface area contributed by atoms with Gasteiger partial charge in [0.25, 0.3) is 6.71 Å². The van der Waals surface area contributed by atoms with Crippen molar-refractivity contribution in [2.45, 2.75) is 0 Å². The minimum absolute atomic E-state index is 0.0446. The predicted octanol–water partition coefficient (Wildman–Crippen LogP) is 14.1. The lowest BCUT2D eigenvalue weighted by atomic mass is 9.33. The number of fused-ring (bicyclic) bond motifs is 4. The fourth-order valence-corrected chi connectivity index (χ4v) is 10.00. The monoisotopic (exact) mass is 800 g/mol. The van der Waals surface area contributed by atoms with Crippen LogP contribution >= 0.6 is 0 Å². The second-order valence-electron chi connectivity index (χ2n) is 16.4. The van der Waals surface area contributed by atoms with Crippen LogP contribution in [0.3, 0.4) is 0 Å². The summed E-state index contributed by atoms with van der Waals surface area (Å²) in [4.78, 5) is 5.11. The fraction of sp³-hybridized carbons (Fsp3) is 0. The Balaban J connectivity index is 1.18. The largest absolute Gasteiger partial charge is 0.311 e. The maximum atomic E-state index is 2.55. The van der Waals surface area contributed by atoms with E-state index in [2.05, 4.69) is 259 Å². The molecule has 12 rings (SSSR count). The van der Waals surface area contributed by atoms with Crippen LogP contribution in [0.5, 0.6) is 0 Å². The highest BCUT2D eigenvalue weighted by Gasteiger charge is 2.45. The Morgan fingerprint density at radius 2 is 0.571 bits per heavy atom. The van der Waals surface area contributed by atoms with Gasteiger partial charge in [-0.15, -0.1) is 0 Å². The van der Waals surface area contributed by atoms with Crippen molar-refractivity contribution < 1.29 is 0 Å². The van der Waals surface area contributed by atoms with Crippen LogP contribution in [0.15, 0.2) is 249 Å². The normalized spacial score (nSPS) is 12.3. The average Bonchev–Trinajstić information content (AvgIpc) is 3.37. The molecule has 0 saturated heterocycles. The van der Waals surface area contributed by atoms with Crippen molar-refractivity contribution in [3.63, 3.8) is 0 Å². The molecule has 3 heteroatoms. The molecular formula is C60H41BN2. The second kappa shape index (κ2) is 15.4. The molecule has 2 aliphatic heterocycles. The van der Waals surface area contributed by atoms with Gasteiger partial charge in [-0.05, 0) is 97.3 Å². The molecule has 2 nitrogen and oxygen atoms in total. The van der Waals surface area contributed by atoms with Crippen LogP contribution < -0.4 is 26.2 Å². The van der Waals surface area contributed by atoms with Crippen LogP contribution in [0.25, 0.3) is 55.6 Å². The van der Waals surface area contributed by atoms with Crippen LogP contribution in [-0.2, 0) is 0 Å². The third-order valence-electron chi connectivity index (χ3n) is 12.9. The fourth-order valence-electron chi connectivity index (χ4n) is 10.00. The first-order valence-electron chi connectivity index (χ1n) is 21.8. The number of nitrogens with zero attached hydrogens (tertiary/aromatic N) is 2. The van der Waals surface area contributed by atoms with Crippen molar-refractivity contribution in [3.8, 4) is 55.6 Å². The minimum Gasteiger partial charge on any atom is -0.311 e. The molecule has 63 heavy (non-hydrogen) atoms. The van der Waals surface area contributed by atoms with E-state index in [-0.39, 0.29) is 6.71 Å². The van der Waals surface area contributed by atoms with E-state index in [1.807, 2.05) is 0 Å². The van der Waals surface area contributed by atoms with Crippen LogP contribution in [0.2, 0.25) is 0 Å². The van der Waals surface area contributed by atoms with Crippen molar-refractivity contribution in [2.24, 2.45) is 0 Å². The SMILES string of the molecule is c1ccc(-c2ccc(N3c4cc(-c5ccccc5)cc5c4B(c4cccc(-c6ccccc6)c43)c3cccc(-c4ccccc4)c3N5c3ccc(-c4ccccc4)cc3)cc2)cc1. The van der Waals surface area contributed by atoms with E-state index in [1.165, 1.54) is 94.8 Å². The molecule has 0 spiro atoms. The first kappa shape index (κ1) is 36.7. The summed E-state index contributed by atoms with van der Waals surface area (Å²) < 4.78 is 0. The lowest BCUT2D eigenvalue weighted by Gasteiger charge is -2.45. The number of anilines is 6. The maximum Gasteiger partial charge on any atom is 0.252 e. The zero-order valence-corrected chi connectivity index (χ0v) is 34.6. The lowest BCUT2D eigenvalue weighted by Crippen LogP contribution is -2.61. The zero-order valence-electron chi connectivity index (χ0n) is 34.6. The molecule has 10 aromatic rings. The molecule has 0 atom stereocenters. The van der Waals surface area contributed by atoms with Gasteiger partial charge in [0.1, 0.15) is 0 Å². The number of hydrogen-bond acceptors (Lipinski definition) is 2.